The van der Waals surface area contributed by atoms with Gasteiger partial charge in [-0.3, -0.25) is 9.59 Å². The predicted molar refractivity (Wildman–Crippen MR) is 126 cm³/mol. The Balaban J connectivity index is 1.73. The largest absolute Gasteiger partial charge is 0.366 e. The van der Waals surface area contributed by atoms with Crippen LogP contribution < -0.4 is 11.1 Å². The van der Waals surface area contributed by atoms with Crippen molar-refractivity contribution in [3.8, 4) is 0 Å². The minimum Gasteiger partial charge on any atom is -0.366 e. The maximum absolute atomic E-state index is 14.5. The van der Waals surface area contributed by atoms with Crippen LogP contribution in [-0.2, 0) is 11.2 Å². The number of aromatic nitrogens is 2. The molecule has 2 amide bonds. The molecule has 196 valence electrons. The molecule has 1 fully saturated rings. The number of amides is 2. The summed E-state index contributed by atoms with van der Waals surface area (Å²) in [4.78, 5) is 34.0. The van der Waals surface area contributed by atoms with Gasteiger partial charge >= 0.3 is 0 Å². The van der Waals surface area contributed by atoms with Crippen molar-refractivity contribution >= 4 is 23.4 Å². The maximum Gasteiger partial charge on any atom is 0.251 e. The third-order valence-corrected chi connectivity index (χ3v) is 6.99. The Morgan fingerprint density at radius 2 is 1.81 bits per heavy atom. The van der Waals surface area contributed by atoms with Gasteiger partial charge in [-0.25, -0.2) is 27.5 Å². The molecule has 0 aliphatic heterocycles. The lowest BCUT2D eigenvalue weighted by atomic mass is 9.80. The number of nitrogens with two attached hydrogens (primary N) is 1. The van der Waals surface area contributed by atoms with Crippen LogP contribution >= 0.6 is 11.6 Å². The quantitative estimate of drug-likeness (QED) is 0.432. The van der Waals surface area contributed by atoms with Crippen LogP contribution in [0.15, 0.2) is 24.5 Å². The average Bonchev–Trinajstić information content (AvgIpc) is 3.59. The highest BCUT2D eigenvalue weighted by Gasteiger charge is 2.64. The van der Waals surface area contributed by atoms with Crippen LogP contribution in [0, 0.1) is 17.0 Å². The second kappa shape index (κ2) is 10.7. The van der Waals surface area contributed by atoms with Crippen LogP contribution in [0.2, 0.25) is 5.02 Å². The highest BCUT2D eigenvalue weighted by atomic mass is 35.5. The van der Waals surface area contributed by atoms with Gasteiger partial charge < -0.3 is 16.0 Å². The molecule has 1 saturated carbocycles. The summed E-state index contributed by atoms with van der Waals surface area (Å²) in [5.41, 5.74) is 3.07. The maximum atomic E-state index is 14.5. The Bertz CT molecular complexity index is 1120. The van der Waals surface area contributed by atoms with Crippen molar-refractivity contribution in [1.82, 2.24) is 20.2 Å². The first kappa shape index (κ1) is 27.8. The van der Waals surface area contributed by atoms with Gasteiger partial charge in [-0.15, -0.1) is 0 Å². The van der Waals surface area contributed by atoms with Crippen molar-refractivity contribution in [3.05, 3.63) is 58.1 Å². The van der Waals surface area contributed by atoms with Crippen LogP contribution in [-0.4, -0.2) is 59.3 Å². The summed E-state index contributed by atoms with van der Waals surface area (Å²) in [5, 5.41) is 2.96. The second-order valence-electron chi connectivity index (χ2n) is 9.47. The fourth-order valence-corrected chi connectivity index (χ4v) is 4.48. The lowest BCUT2D eigenvalue weighted by molar-refractivity contribution is -0.124. The lowest BCUT2D eigenvalue weighted by Gasteiger charge is -2.31. The fourth-order valence-electron chi connectivity index (χ4n) is 4.38. The van der Waals surface area contributed by atoms with E-state index >= 15 is 0 Å². The number of likely N-dealkylation sites (N-methyl/N-ethyl adjacent to an activating group) is 1. The number of alkyl halides is 2. The van der Waals surface area contributed by atoms with E-state index in [9.17, 15) is 27.2 Å². The smallest absolute Gasteiger partial charge is 0.251 e. The molecule has 2 aromatic rings. The molecule has 2 atom stereocenters. The standard InChI is InChI=1S/C24H28ClF4N5O2/c1-23(28,29)24(4-5-24)17(22-32-10-14(25)11-33-22)9-20(35)31-12-15(34(2)3)6-13-7-19(27)16(21(30)36)8-18(13)26/h7-8,10-11,15,17H,4-6,9,12H2,1-3H3,(H2,30,36)(H,31,35)/t15-,17+/m0/s1. The molecule has 1 aliphatic rings. The first-order valence-electron chi connectivity index (χ1n) is 11.3. The molecule has 36 heavy (non-hydrogen) atoms. The summed E-state index contributed by atoms with van der Waals surface area (Å²) in [6.07, 6.45) is 2.80. The number of nitrogens with zero attached hydrogens (tertiary/aromatic N) is 3. The number of carbonyl (C=O) groups excluding carboxylic acids is 2. The second-order valence-corrected chi connectivity index (χ2v) is 9.91. The monoisotopic (exact) mass is 529 g/mol. The van der Waals surface area contributed by atoms with Gasteiger partial charge in [0.25, 0.3) is 11.8 Å². The van der Waals surface area contributed by atoms with Crippen molar-refractivity contribution in [1.29, 1.82) is 0 Å². The van der Waals surface area contributed by atoms with Gasteiger partial charge in [0.15, 0.2) is 0 Å². The van der Waals surface area contributed by atoms with Crippen LogP contribution in [0.4, 0.5) is 17.6 Å². The molecule has 3 rings (SSSR count). The third kappa shape index (κ3) is 6.12. The Kier molecular flexibility index (Phi) is 8.24. The van der Waals surface area contributed by atoms with Crippen molar-refractivity contribution in [2.75, 3.05) is 20.6 Å². The Morgan fingerprint density at radius 1 is 1.19 bits per heavy atom. The molecule has 0 unspecified atom stereocenters. The highest BCUT2D eigenvalue weighted by molar-refractivity contribution is 6.30. The third-order valence-electron chi connectivity index (χ3n) is 6.79. The Labute approximate surface area is 211 Å². The van der Waals surface area contributed by atoms with Crippen LogP contribution in [0.25, 0.3) is 0 Å². The van der Waals surface area contributed by atoms with E-state index in [1.807, 2.05) is 0 Å². The summed E-state index contributed by atoms with van der Waals surface area (Å²) in [7, 11) is 3.40. The number of halogens is 5. The molecule has 1 aliphatic carbocycles. The van der Waals surface area contributed by atoms with E-state index in [0.29, 0.717) is 0 Å². The number of hydrogen-bond donors (Lipinski definition) is 2. The van der Waals surface area contributed by atoms with Crippen molar-refractivity contribution in [3.63, 3.8) is 0 Å². The molecule has 3 N–H and O–H groups in total. The zero-order valence-electron chi connectivity index (χ0n) is 20.1. The molecule has 0 bridgehead atoms. The van der Waals surface area contributed by atoms with Gasteiger partial charge in [-0.2, -0.15) is 0 Å². The van der Waals surface area contributed by atoms with E-state index in [1.54, 1.807) is 19.0 Å². The van der Waals surface area contributed by atoms with Gasteiger partial charge in [0.05, 0.1) is 10.6 Å². The van der Waals surface area contributed by atoms with Crippen molar-refractivity contribution in [2.45, 2.75) is 50.5 Å². The SMILES string of the molecule is CN(C)[C@H](CNC(=O)C[C@H](c1ncc(Cl)cn1)C1(C(C)(F)F)CC1)Cc1cc(F)c(C(N)=O)cc1F. The molecule has 0 saturated heterocycles. The first-order chi connectivity index (χ1) is 16.7. The molecule has 1 aromatic carbocycles. The summed E-state index contributed by atoms with van der Waals surface area (Å²) in [5.74, 6) is -7.20. The summed E-state index contributed by atoms with van der Waals surface area (Å²) >= 11 is 5.84. The van der Waals surface area contributed by atoms with Crippen molar-refractivity contribution < 1.29 is 27.2 Å². The van der Waals surface area contributed by atoms with E-state index < -0.39 is 52.3 Å². The lowest BCUT2D eigenvalue weighted by Crippen LogP contribution is -2.43. The Hall–Kier alpha value is -2.79. The van der Waals surface area contributed by atoms with Crippen LogP contribution in [0.5, 0.6) is 0 Å². The molecule has 1 aromatic heterocycles. The number of rotatable bonds is 11. The van der Waals surface area contributed by atoms with E-state index in [2.05, 4.69) is 15.3 Å². The average molecular weight is 530 g/mol. The normalized spacial score (nSPS) is 16.5. The first-order valence-corrected chi connectivity index (χ1v) is 11.7. The molecule has 7 nitrogen and oxygen atoms in total. The van der Waals surface area contributed by atoms with Gasteiger partial charge in [0, 0.05) is 42.7 Å². The van der Waals surface area contributed by atoms with Crippen LogP contribution in [0.1, 0.15) is 53.8 Å². The summed E-state index contributed by atoms with van der Waals surface area (Å²) in [6.45, 7) is 0.869. The molecule has 1 heterocycles. The molecule has 0 spiro atoms. The van der Waals surface area contributed by atoms with Gasteiger partial charge in [-0.05, 0) is 58.0 Å². The molecule has 12 heteroatoms. The fraction of sp³-hybridized carbons (Fsp3) is 0.500. The number of hydrogen-bond acceptors (Lipinski definition) is 5. The van der Waals surface area contributed by atoms with E-state index in [4.69, 9.17) is 17.3 Å². The summed E-state index contributed by atoms with van der Waals surface area (Å²) in [6, 6.07) is 1.19. The Morgan fingerprint density at radius 3 is 2.31 bits per heavy atom. The van der Waals surface area contributed by atoms with E-state index in [0.717, 1.165) is 19.1 Å². The van der Waals surface area contributed by atoms with Gasteiger partial charge in [-0.1, -0.05) is 11.6 Å². The number of benzene rings is 1. The van der Waals surface area contributed by atoms with E-state index in [1.165, 1.54) is 12.4 Å². The number of carbonyl (C=O) groups is 2. The molecular formula is C24H28ClF4N5O2. The zero-order chi connectivity index (χ0) is 26.8. The van der Waals surface area contributed by atoms with E-state index in [-0.39, 0.29) is 48.6 Å². The molecule has 0 radical (unpaired) electrons. The van der Waals surface area contributed by atoms with Crippen LogP contribution in [0.3, 0.4) is 0 Å². The topological polar surface area (TPSA) is 101 Å². The summed E-state index contributed by atoms with van der Waals surface area (Å²) < 4.78 is 57.7. The number of nitrogens with one attached hydrogen (secondary N) is 1. The van der Waals surface area contributed by atoms with Crippen molar-refractivity contribution in [2.24, 2.45) is 11.1 Å². The minimum atomic E-state index is -3.05. The molecular weight excluding hydrogens is 502 g/mol. The minimum absolute atomic E-state index is 0.000415. The van der Waals surface area contributed by atoms with Gasteiger partial charge in [0.1, 0.15) is 17.5 Å². The highest BCUT2D eigenvalue weighted by Crippen LogP contribution is 2.65. The van der Waals surface area contributed by atoms with Gasteiger partial charge in [0.2, 0.25) is 5.91 Å². The zero-order valence-corrected chi connectivity index (χ0v) is 20.9. The predicted octanol–water partition coefficient (Wildman–Crippen LogP) is 3.71. The number of primary amides is 1.